The third-order valence-corrected chi connectivity index (χ3v) is 4.55. The van der Waals surface area contributed by atoms with Gasteiger partial charge in [-0.05, 0) is 20.8 Å². The van der Waals surface area contributed by atoms with Gasteiger partial charge in [-0.2, -0.15) is 4.31 Å². The molecule has 0 spiro atoms. The molecule has 1 N–H and O–H groups in total. The molecule has 1 heterocycles. The van der Waals surface area contributed by atoms with Crippen LogP contribution >= 0.6 is 0 Å². The van der Waals surface area contributed by atoms with Gasteiger partial charge in [-0.3, -0.25) is 4.79 Å². The molecule has 0 atom stereocenters. The van der Waals surface area contributed by atoms with Crippen LogP contribution in [0.25, 0.3) is 0 Å². The molecule has 1 rings (SSSR count). The van der Waals surface area contributed by atoms with Gasteiger partial charge in [-0.25, -0.2) is 8.42 Å². The van der Waals surface area contributed by atoms with Gasteiger partial charge in [0, 0.05) is 30.5 Å². The lowest BCUT2D eigenvalue weighted by molar-refractivity contribution is 0.269. The van der Waals surface area contributed by atoms with E-state index in [2.05, 4.69) is 11.6 Å². The minimum Gasteiger partial charge on any atom is -0.366 e. The highest BCUT2D eigenvalue weighted by Gasteiger charge is 2.34. The summed E-state index contributed by atoms with van der Waals surface area (Å²) in [5.41, 5.74) is -1.15. The minimum absolute atomic E-state index is 0.153. The van der Waals surface area contributed by atoms with Crippen LogP contribution in [0.2, 0.25) is 0 Å². The van der Waals surface area contributed by atoms with Crippen molar-refractivity contribution < 1.29 is 8.42 Å². The Morgan fingerprint density at radius 3 is 2.50 bits per heavy atom. The molecule has 0 fully saturated rings. The Labute approximate surface area is 107 Å². The molecule has 5 nitrogen and oxygen atoms in total. The molecular weight excluding hydrogens is 252 g/mol. The van der Waals surface area contributed by atoms with E-state index in [1.807, 2.05) is 0 Å². The first-order valence-corrected chi connectivity index (χ1v) is 6.96. The normalized spacial score (nSPS) is 12.7. The van der Waals surface area contributed by atoms with Crippen molar-refractivity contribution in [2.45, 2.75) is 31.2 Å². The Hall–Kier alpha value is -1.40. The first kappa shape index (κ1) is 14.7. The van der Waals surface area contributed by atoms with E-state index in [9.17, 15) is 13.2 Å². The van der Waals surface area contributed by atoms with Crippen LogP contribution < -0.4 is 5.43 Å². The number of sulfonamides is 1. The van der Waals surface area contributed by atoms with Crippen LogP contribution in [0.3, 0.4) is 0 Å². The molecule has 0 aromatic carbocycles. The monoisotopic (exact) mass is 270 g/mol. The Kier molecular flexibility index (Phi) is 4.13. The van der Waals surface area contributed by atoms with E-state index in [0.717, 1.165) is 0 Å². The van der Waals surface area contributed by atoms with Crippen molar-refractivity contribution in [3.63, 3.8) is 0 Å². The second-order valence-electron chi connectivity index (χ2n) is 4.87. The van der Waals surface area contributed by atoms with Crippen molar-refractivity contribution >= 4 is 10.0 Å². The van der Waals surface area contributed by atoms with Crippen molar-refractivity contribution in [2.24, 2.45) is 0 Å². The first-order valence-electron chi connectivity index (χ1n) is 5.52. The topological polar surface area (TPSA) is 70.2 Å². The SMILES string of the molecule is C=CCN(C(C)(C)C)S(=O)(=O)c1c[nH]ccc1=O. The number of H-pyrrole nitrogens is 1. The average Bonchev–Trinajstić information content (AvgIpc) is 2.24. The van der Waals surface area contributed by atoms with Gasteiger partial charge in [0.15, 0.2) is 0 Å². The molecule has 0 aliphatic rings. The third-order valence-electron chi connectivity index (χ3n) is 2.40. The molecule has 6 heteroatoms. The van der Waals surface area contributed by atoms with E-state index in [1.165, 1.54) is 28.8 Å². The van der Waals surface area contributed by atoms with Gasteiger partial charge in [-0.1, -0.05) is 6.08 Å². The number of hydrogen-bond acceptors (Lipinski definition) is 3. The highest BCUT2D eigenvalue weighted by atomic mass is 32.2. The predicted octanol–water partition coefficient (Wildman–Crippen LogP) is 1.35. The average molecular weight is 270 g/mol. The Balaban J connectivity index is 3.40. The van der Waals surface area contributed by atoms with Crippen molar-refractivity contribution in [1.29, 1.82) is 0 Å². The molecule has 0 amide bonds. The molecule has 0 bridgehead atoms. The van der Waals surface area contributed by atoms with E-state index < -0.39 is 21.0 Å². The van der Waals surface area contributed by atoms with E-state index in [0.29, 0.717) is 0 Å². The zero-order valence-electron chi connectivity index (χ0n) is 10.8. The van der Waals surface area contributed by atoms with Crippen LogP contribution in [0, 0.1) is 0 Å². The number of aromatic amines is 1. The standard InChI is InChI=1S/C12H18N2O3S/c1-5-8-14(12(2,3)4)18(16,17)11-9-13-7-6-10(11)15/h5-7,9H,1,8H2,2-4H3,(H,13,15). The van der Waals surface area contributed by atoms with Crippen LogP contribution in [0.1, 0.15) is 20.8 Å². The van der Waals surface area contributed by atoms with Crippen LogP contribution in [-0.4, -0.2) is 29.8 Å². The molecule has 18 heavy (non-hydrogen) atoms. The molecule has 0 radical (unpaired) electrons. The summed E-state index contributed by atoms with van der Waals surface area (Å²) in [6, 6.07) is 1.20. The van der Waals surface area contributed by atoms with Crippen LogP contribution in [-0.2, 0) is 10.0 Å². The quantitative estimate of drug-likeness (QED) is 0.840. The van der Waals surface area contributed by atoms with E-state index in [1.54, 1.807) is 20.8 Å². The van der Waals surface area contributed by atoms with E-state index in [-0.39, 0.29) is 11.4 Å². The number of rotatable bonds is 4. The largest absolute Gasteiger partial charge is 0.366 e. The Morgan fingerprint density at radius 1 is 1.44 bits per heavy atom. The number of nitrogens with zero attached hydrogens (tertiary/aromatic N) is 1. The number of aromatic nitrogens is 1. The summed E-state index contributed by atoms with van der Waals surface area (Å²) in [5.74, 6) is 0. The molecule has 100 valence electrons. The number of hydrogen-bond donors (Lipinski definition) is 1. The van der Waals surface area contributed by atoms with Gasteiger partial charge < -0.3 is 4.98 Å². The summed E-state index contributed by atoms with van der Waals surface area (Å²) < 4.78 is 26.1. The van der Waals surface area contributed by atoms with E-state index in [4.69, 9.17) is 0 Å². The summed E-state index contributed by atoms with van der Waals surface area (Å²) in [5, 5.41) is 0. The van der Waals surface area contributed by atoms with Crippen LogP contribution in [0.15, 0.2) is 40.8 Å². The second-order valence-corrected chi connectivity index (χ2v) is 6.70. The molecule has 0 saturated heterocycles. The maximum atomic E-state index is 12.4. The van der Waals surface area contributed by atoms with Gasteiger partial charge >= 0.3 is 0 Å². The molecule has 1 aromatic rings. The highest BCUT2D eigenvalue weighted by molar-refractivity contribution is 7.89. The molecule has 0 aliphatic heterocycles. The highest BCUT2D eigenvalue weighted by Crippen LogP contribution is 2.21. The lowest BCUT2D eigenvalue weighted by Gasteiger charge is -2.33. The van der Waals surface area contributed by atoms with Crippen molar-refractivity contribution in [3.8, 4) is 0 Å². The van der Waals surface area contributed by atoms with Gasteiger partial charge in [0.05, 0.1) is 0 Å². The summed E-state index contributed by atoms with van der Waals surface area (Å²) >= 11 is 0. The fraction of sp³-hybridized carbons (Fsp3) is 0.417. The third kappa shape index (κ3) is 2.88. The summed E-state index contributed by atoms with van der Waals surface area (Å²) in [4.78, 5) is 14.0. The lowest BCUT2D eigenvalue weighted by Crippen LogP contribution is -2.46. The fourth-order valence-corrected chi connectivity index (χ4v) is 3.37. The van der Waals surface area contributed by atoms with Gasteiger partial charge in [0.1, 0.15) is 4.90 Å². The minimum atomic E-state index is -3.83. The first-order chi connectivity index (χ1) is 8.21. The van der Waals surface area contributed by atoms with E-state index >= 15 is 0 Å². The zero-order chi connectivity index (χ0) is 14.0. The Bertz CT molecular complexity index is 582. The molecular formula is C12H18N2O3S. The van der Waals surface area contributed by atoms with Gasteiger partial charge in [-0.15, -0.1) is 6.58 Å². The smallest absolute Gasteiger partial charge is 0.249 e. The second kappa shape index (κ2) is 5.07. The van der Waals surface area contributed by atoms with Crippen molar-refractivity contribution in [3.05, 3.63) is 41.3 Å². The fourth-order valence-electron chi connectivity index (χ4n) is 1.57. The number of pyridine rings is 1. The molecule has 0 unspecified atom stereocenters. The number of nitrogens with one attached hydrogen (secondary N) is 1. The van der Waals surface area contributed by atoms with Gasteiger partial charge in [0.25, 0.3) is 0 Å². The predicted molar refractivity (Wildman–Crippen MR) is 70.9 cm³/mol. The van der Waals surface area contributed by atoms with Crippen LogP contribution in [0.4, 0.5) is 0 Å². The molecule has 1 aromatic heterocycles. The summed E-state index contributed by atoms with van der Waals surface area (Å²) in [7, 11) is -3.83. The lowest BCUT2D eigenvalue weighted by atomic mass is 10.1. The van der Waals surface area contributed by atoms with Crippen LogP contribution in [0.5, 0.6) is 0 Å². The summed E-state index contributed by atoms with van der Waals surface area (Å²) in [6.45, 7) is 9.01. The zero-order valence-corrected chi connectivity index (χ0v) is 11.6. The van der Waals surface area contributed by atoms with Gasteiger partial charge in [0.2, 0.25) is 15.5 Å². The maximum absolute atomic E-state index is 12.4. The van der Waals surface area contributed by atoms with Crippen molar-refractivity contribution in [1.82, 2.24) is 9.29 Å². The van der Waals surface area contributed by atoms with Crippen molar-refractivity contribution in [2.75, 3.05) is 6.54 Å². The Morgan fingerprint density at radius 2 is 2.06 bits per heavy atom. The summed E-state index contributed by atoms with van der Waals surface area (Å²) in [6.07, 6.45) is 4.11. The molecule has 0 saturated carbocycles. The maximum Gasteiger partial charge on any atom is 0.249 e. The molecule has 0 aliphatic carbocycles.